The third-order valence-corrected chi connectivity index (χ3v) is 6.68. The summed E-state index contributed by atoms with van der Waals surface area (Å²) in [6.45, 7) is 1.55. The fourth-order valence-corrected chi connectivity index (χ4v) is 4.66. The summed E-state index contributed by atoms with van der Waals surface area (Å²) in [5.41, 5.74) is 10.9. The number of nitrogens with zero attached hydrogens (tertiary/aromatic N) is 2. The Bertz CT molecular complexity index is 1700. The molecule has 1 aliphatic rings. The molecule has 5 rings (SSSR count). The molecule has 0 saturated carbocycles. The van der Waals surface area contributed by atoms with Crippen molar-refractivity contribution < 1.29 is 14.3 Å². The maximum atomic E-state index is 13.6. The lowest BCUT2D eigenvalue weighted by molar-refractivity contribution is -0.150. The SMILES string of the molecule is C[C@@]1(N)Cc2cccc(c2)C=CC(c2ccccc2)=NC(=O)c2cc(cc(-c3ccccc3C#N)c2)COC1=O. The minimum absolute atomic E-state index is 0.0936. The van der Waals surface area contributed by atoms with Crippen molar-refractivity contribution in [1.82, 2.24) is 0 Å². The number of hydrogen-bond donors (Lipinski definition) is 1. The maximum absolute atomic E-state index is 13.6. The summed E-state index contributed by atoms with van der Waals surface area (Å²) in [5, 5.41) is 9.68. The molecule has 4 aromatic rings. The summed E-state index contributed by atoms with van der Waals surface area (Å²) in [4.78, 5) is 31.2. The van der Waals surface area contributed by atoms with E-state index < -0.39 is 17.4 Å². The summed E-state index contributed by atoms with van der Waals surface area (Å²) < 4.78 is 5.65. The van der Waals surface area contributed by atoms with E-state index in [1.807, 2.05) is 84.9 Å². The Labute approximate surface area is 233 Å². The maximum Gasteiger partial charge on any atom is 0.326 e. The van der Waals surface area contributed by atoms with Crippen LogP contribution in [-0.4, -0.2) is 23.1 Å². The first-order valence-corrected chi connectivity index (χ1v) is 12.9. The molecule has 0 unspecified atom stereocenters. The monoisotopic (exact) mass is 525 g/mol. The Morgan fingerprint density at radius 3 is 2.38 bits per heavy atom. The van der Waals surface area contributed by atoms with Crippen LogP contribution in [0.25, 0.3) is 17.2 Å². The third-order valence-electron chi connectivity index (χ3n) is 6.68. The van der Waals surface area contributed by atoms with Crippen LogP contribution in [0.15, 0.2) is 108 Å². The van der Waals surface area contributed by atoms with E-state index in [4.69, 9.17) is 10.5 Å². The second kappa shape index (κ2) is 11.3. The largest absolute Gasteiger partial charge is 0.459 e. The van der Waals surface area contributed by atoms with E-state index in [2.05, 4.69) is 11.1 Å². The van der Waals surface area contributed by atoms with Crippen LogP contribution >= 0.6 is 0 Å². The molecule has 4 bridgehead atoms. The third kappa shape index (κ3) is 5.96. The number of esters is 1. The molecular weight excluding hydrogens is 498 g/mol. The van der Waals surface area contributed by atoms with Gasteiger partial charge in [-0.2, -0.15) is 5.26 Å². The van der Waals surface area contributed by atoms with Gasteiger partial charge in [0.2, 0.25) is 0 Å². The molecule has 4 aromatic carbocycles. The van der Waals surface area contributed by atoms with Gasteiger partial charge in [0.05, 0.1) is 17.3 Å². The zero-order chi connectivity index (χ0) is 28.1. The standard InChI is InChI=1S/C34H27N3O3/c1-34(36)20-24-9-7-8-23(16-24)14-15-31(26-10-3-2-4-11-26)37-32(38)29-18-25(22-40-33(34)39)17-28(19-29)30-13-6-5-12-27(30)21-35/h2-19H,20,22,36H2,1H3/t34-/m1/s1. The van der Waals surface area contributed by atoms with Crippen LogP contribution in [0.2, 0.25) is 0 Å². The van der Waals surface area contributed by atoms with Crippen molar-refractivity contribution >= 4 is 23.7 Å². The van der Waals surface area contributed by atoms with E-state index in [-0.39, 0.29) is 13.0 Å². The topological polar surface area (TPSA) is 106 Å². The number of allylic oxidation sites excluding steroid dienone is 1. The number of rotatable bonds is 2. The first-order valence-electron chi connectivity index (χ1n) is 12.9. The molecule has 0 saturated heterocycles. The van der Waals surface area contributed by atoms with Gasteiger partial charge in [-0.05, 0) is 65.1 Å². The Kier molecular flexibility index (Phi) is 7.50. The van der Waals surface area contributed by atoms with Crippen molar-refractivity contribution in [2.24, 2.45) is 10.7 Å². The van der Waals surface area contributed by atoms with Gasteiger partial charge in [0.25, 0.3) is 5.91 Å². The quantitative estimate of drug-likeness (QED) is 0.329. The van der Waals surface area contributed by atoms with Gasteiger partial charge in [-0.1, -0.05) is 78.9 Å². The average Bonchev–Trinajstić information content (AvgIpc) is 2.97. The smallest absolute Gasteiger partial charge is 0.326 e. The molecule has 0 aliphatic carbocycles. The lowest BCUT2D eigenvalue weighted by Crippen LogP contribution is -2.48. The Morgan fingerprint density at radius 2 is 1.57 bits per heavy atom. The fraction of sp³-hybridized carbons (Fsp3) is 0.118. The van der Waals surface area contributed by atoms with Crippen molar-refractivity contribution in [3.8, 4) is 17.2 Å². The minimum atomic E-state index is -1.26. The lowest BCUT2D eigenvalue weighted by atomic mass is 9.93. The number of nitriles is 1. The van der Waals surface area contributed by atoms with Crippen molar-refractivity contribution in [1.29, 1.82) is 5.26 Å². The first kappa shape index (κ1) is 26.5. The molecule has 1 atom stereocenters. The van der Waals surface area contributed by atoms with Crippen LogP contribution in [0.4, 0.5) is 0 Å². The predicted octanol–water partition coefficient (Wildman–Crippen LogP) is 5.88. The number of carbonyl (C=O) groups excluding carboxylic acids is 2. The van der Waals surface area contributed by atoms with Gasteiger partial charge in [-0.15, -0.1) is 0 Å². The number of cyclic esters (lactones) is 1. The van der Waals surface area contributed by atoms with Crippen LogP contribution in [0.1, 0.15) is 45.1 Å². The van der Waals surface area contributed by atoms with Gasteiger partial charge in [-0.25, -0.2) is 4.99 Å². The minimum Gasteiger partial charge on any atom is -0.459 e. The number of carbonyl (C=O) groups is 2. The number of ether oxygens (including phenoxy) is 1. The highest BCUT2D eigenvalue weighted by Gasteiger charge is 2.30. The highest BCUT2D eigenvalue weighted by molar-refractivity contribution is 6.17. The molecular formula is C34H27N3O3. The first-order chi connectivity index (χ1) is 19.3. The van der Waals surface area contributed by atoms with Crippen LogP contribution in [0.5, 0.6) is 0 Å². The summed E-state index contributed by atoms with van der Waals surface area (Å²) in [6.07, 6.45) is 3.97. The van der Waals surface area contributed by atoms with Gasteiger partial charge in [0, 0.05) is 17.5 Å². The van der Waals surface area contributed by atoms with Crippen LogP contribution in [-0.2, 0) is 22.6 Å². The van der Waals surface area contributed by atoms with Crippen molar-refractivity contribution in [2.45, 2.75) is 25.5 Å². The Balaban J connectivity index is 1.68. The van der Waals surface area contributed by atoms with Gasteiger partial charge >= 0.3 is 5.97 Å². The molecule has 0 fully saturated rings. The van der Waals surface area contributed by atoms with Gasteiger partial charge < -0.3 is 10.5 Å². The summed E-state index contributed by atoms with van der Waals surface area (Å²) in [7, 11) is 0. The predicted molar refractivity (Wildman–Crippen MR) is 155 cm³/mol. The Hall–Kier alpha value is -5.12. The molecule has 40 heavy (non-hydrogen) atoms. The molecule has 2 N–H and O–H groups in total. The molecule has 0 spiro atoms. The van der Waals surface area contributed by atoms with E-state index in [9.17, 15) is 14.9 Å². The highest BCUT2D eigenvalue weighted by Crippen LogP contribution is 2.27. The number of fused-ring (bicyclic) bond motifs is 4. The van der Waals surface area contributed by atoms with Crippen LogP contribution in [0.3, 0.4) is 0 Å². The molecule has 1 amide bonds. The average molecular weight is 526 g/mol. The molecule has 0 aromatic heterocycles. The highest BCUT2D eigenvalue weighted by atomic mass is 16.5. The molecule has 1 aliphatic heterocycles. The van der Waals surface area contributed by atoms with Gasteiger partial charge in [0.15, 0.2) is 0 Å². The van der Waals surface area contributed by atoms with E-state index in [1.54, 1.807) is 31.2 Å². The van der Waals surface area contributed by atoms with Gasteiger partial charge in [0.1, 0.15) is 12.1 Å². The number of hydrogen-bond acceptors (Lipinski definition) is 5. The second-order valence-corrected chi connectivity index (χ2v) is 9.99. The molecule has 6 heteroatoms. The van der Waals surface area contributed by atoms with E-state index in [0.29, 0.717) is 33.5 Å². The molecule has 1 heterocycles. The van der Waals surface area contributed by atoms with Crippen molar-refractivity contribution in [3.63, 3.8) is 0 Å². The summed E-state index contributed by atoms with van der Waals surface area (Å²) in [6, 6.07) is 31.7. The fourth-order valence-electron chi connectivity index (χ4n) is 4.66. The summed E-state index contributed by atoms with van der Waals surface area (Å²) >= 11 is 0. The van der Waals surface area contributed by atoms with Gasteiger partial charge in [-0.3, -0.25) is 9.59 Å². The van der Waals surface area contributed by atoms with Crippen LogP contribution in [0, 0.1) is 11.3 Å². The molecule has 6 nitrogen and oxygen atoms in total. The van der Waals surface area contributed by atoms with E-state index in [1.165, 1.54) is 0 Å². The molecule has 196 valence electrons. The van der Waals surface area contributed by atoms with Crippen molar-refractivity contribution in [3.05, 3.63) is 137 Å². The zero-order valence-electron chi connectivity index (χ0n) is 22.0. The van der Waals surface area contributed by atoms with Crippen molar-refractivity contribution in [2.75, 3.05) is 0 Å². The number of aliphatic imine (C=N–C) groups is 1. The normalized spacial score (nSPS) is 17.5. The molecule has 0 radical (unpaired) electrons. The Morgan fingerprint density at radius 1 is 0.825 bits per heavy atom. The van der Waals surface area contributed by atoms with Crippen LogP contribution < -0.4 is 5.73 Å². The second-order valence-electron chi connectivity index (χ2n) is 9.99. The van der Waals surface area contributed by atoms with E-state index in [0.717, 1.165) is 16.7 Å². The number of benzene rings is 4. The number of amides is 1. The lowest BCUT2D eigenvalue weighted by Gasteiger charge is -2.23. The van der Waals surface area contributed by atoms with E-state index >= 15 is 0 Å². The summed E-state index contributed by atoms with van der Waals surface area (Å²) in [5.74, 6) is -1.02. The number of nitrogens with two attached hydrogens (primary N) is 1. The zero-order valence-corrected chi connectivity index (χ0v) is 22.0.